The lowest BCUT2D eigenvalue weighted by molar-refractivity contribution is -0.139. The van der Waals surface area contributed by atoms with Crippen molar-refractivity contribution in [3.05, 3.63) is 76.6 Å². The molecule has 1 atom stereocenters. The Hall–Kier alpha value is -3.85. The van der Waals surface area contributed by atoms with E-state index in [0.29, 0.717) is 17.1 Å². The molecule has 33 heavy (non-hydrogen) atoms. The van der Waals surface area contributed by atoms with Crippen LogP contribution in [0.4, 0.5) is 5.69 Å². The first kappa shape index (κ1) is 21.0. The topological polar surface area (TPSA) is 78.1 Å². The van der Waals surface area contributed by atoms with Crippen LogP contribution < -0.4 is 5.32 Å². The lowest BCUT2D eigenvalue weighted by Gasteiger charge is -2.19. The molecule has 0 saturated heterocycles. The number of benzene rings is 2. The third-order valence-corrected chi connectivity index (χ3v) is 6.64. The largest absolute Gasteiger partial charge is 0.356 e. The number of nitrogens with zero attached hydrogens (tertiary/aromatic N) is 3. The summed E-state index contributed by atoms with van der Waals surface area (Å²) < 4.78 is 2.28. The minimum Gasteiger partial charge on any atom is -0.356 e. The maximum atomic E-state index is 13.5. The molecule has 6 heteroatoms. The maximum absolute atomic E-state index is 13.5. The van der Waals surface area contributed by atoms with Crippen LogP contribution >= 0.6 is 0 Å². The fourth-order valence-electron chi connectivity index (χ4n) is 4.95. The number of anilines is 1. The molecule has 2 aliphatic rings. The van der Waals surface area contributed by atoms with Crippen molar-refractivity contribution >= 4 is 28.4 Å². The highest BCUT2D eigenvalue weighted by atomic mass is 16.2. The number of carbonyl (C=O) groups is 2. The minimum atomic E-state index is -0.330. The molecule has 0 aliphatic carbocycles. The molecular formula is C27H26N4O2. The number of nitriles is 1. The summed E-state index contributed by atoms with van der Waals surface area (Å²) in [5.41, 5.74) is 6.00. The number of hydrogen-bond acceptors (Lipinski definition) is 4. The van der Waals surface area contributed by atoms with Crippen LogP contribution in [0.15, 0.2) is 59.9 Å². The van der Waals surface area contributed by atoms with Crippen molar-refractivity contribution in [2.45, 2.75) is 39.7 Å². The van der Waals surface area contributed by atoms with Gasteiger partial charge in [0.05, 0.1) is 29.3 Å². The molecule has 1 N–H and O–H groups in total. The number of rotatable bonds is 4. The summed E-state index contributed by atoms with van der Waals surface area (Å²) in [6.45, 7) is 6.98. The maximum Gasteiger partial charge on any atom is 0.259 e. The lowest BCUT2D eigenvalue weighted by Crippen LogP contribution is -2.33. The molecule has 1 aromatic heterocycles. The Balaban J connectivity index is 1.74. The average Bonchev–Trinajstić information content (AvgIpc) is 3.28. The van der Waals surface area contributed by atoms with Crippen molar-refractivity contribution in [3.63, 3.8) is 0 Å². The van der Waals surface area contributed by atoms with E-state index in [1.54, 1.807) is 12.1 Å². The van der Waals surface area contributed by atoms with Crippen molar-refractivity contribution in [1.82, 2.24) is 9.47 Å². The summed E-state index contributed by atoms with van der Waals surface area (Å²) in [5.74, 6) is -0.274. The molecule has 0 bridgehead atoms. The van der Waals surface area contributed by atoms with Gasteiger partial charge in [0, 0.05) is 42.4 Å². The van der Waals surface area contributed by atoms with Crippen LogP contribution in [-0.4, -0.2) is 27.8 Å². The van der Waals surface area contributed by atoms with Gasteiger partial charge >= 0.3 is 0 Å². The Labute approximate surface area is 193 Å². The first-order valence-corrected chi connectivity index (χ1v) is 11.3. The molecule has 2 amide bonds. The van der Waals surface area contributed by atoms with Gasteiger partial charge in [-0.2, -0.15) is 5.26 Å². The summed E-state index contributed by atoms with van der Waals surface area (Å²) in [6, 6.07) is 15.8. The van der Waals surface area contributed by atoms with E-state index in [2.05, 4.69) is 42.1 Å². The van der Waals surface area contributed by atoms with Crippen LogP contribution in [0.2, 0.25) is 0 Å². The van der Waals surface area contributed by atoms with Gasteiger partial charge in [0.15, 0.2) is 0 Å². The zero-order valence-corrected chi connectivity index (χ0v) is 19.1. The molecule has 6 nitrogen and oxygen atoms in total. The molecule has 3 heterocycles. The van der Waals surface area contributed by atoms with E-state index in [-0.39, 0.29) is 24.3 Å². The third-order valence-electron chi connectivity index (χ3n) is 6.64. The number of nitrogens with one attached hydrogen (secondary N) is 1. The smallest absolute Gasteiger partial charge is 0.259 e. The molecule has 2 aromatic carbocycles. The summed E-state index contributed by atoms with van der Waals surface area (Å²) in [6.07, 6.45) is 3.22. The van der Waals surface area contributed by atoms with Crippen LogP contribution in [0.3, 0.4) is 0 Å². The standard InChI is InChI=1S/C27H26N4O2/c1-16(2)11-12-30-14-20-24(19-9-7-18(13-28)8-10-19)26-22(15-31(17(3)32)27(26)33)29-21-5-4-6-23(30)25(20)21/h4-10,14,16,24,29H,11-12,15H2,1-3H3. The average molecular weight is 439 g/mol. The Morgan fingerprint density at radius 3 is 2.64 bits per heavy atom. The van der Waals surface area contributed by atoms with Crippen LogP contribution in [0.25, 0.3) is 10.9 Å². The van der Waals surface area contributed by atoms with Crippen LogP contribution in [0.1, 0.15) is 49.8 Å². The Morgan fingerprint density at radius 1 is 1.21 bits per heavy atom. The van der Waals surface area contributed by atoms with E-state index in [9.17, 15) is 14.9 Å². The summed E-state index contributed by atoms with van der Waals surface area (Å²) >= 11 is 0. The van der Waals surface area contributed by atoms with E-state index in [4.69, 9.17) is 0 Å². The fraction of sp³-hybridized carbons (Fsp3) is 0.296. The van der Waals surface area contributed by atoms with E-state index >= 15 is 0 Å². The second-order valence-corrected chi connectivity index (χ2v) is 9.25. The van der Waals surface area contributed by atoms with E-state index in [1.165, 1.54) is 11.8 Å². The van der Waals surface area contributed by atoms with E-state index in [1.807, 2.05) is 24.3 Å². The predicted octanol–water partition coefficient (Wildman–Crippen LogP) is 4.76. The first-order valence-electron chi connectivity index (χ1n) is 11.3. The van der Waals surface area contributed by atoms with Crippen molar-refractivity contribution in [2.24, 2.45) is 5.92 Å². The van der Waals surface area contributed by atoms with Crippen molar-refractivity contribution in [2.75, 3.05) is 11.9 Å². The predicted molar refractivity (Wildman–Crippen MR) is 127 cm³/mol. The number of aromatic nitrogens is 1. The van der Waals surface area contributed by atoms with Gasteiger partial charge in [-0.3, -0.25) is 14.5 Å². The van der Waals surface area contributed by atoms with Gasteiger partial charge in [0.1, 0.15) is 0 Å². The van der Waals surface area contributed by atoms with Gasteiger partial charge in [0.25, 0.3) is 5.91 Å². The summed E-state index contributed by atoms with van der Waals surface area (Å²) in [5, 5.41) is 13.9. The zero-order valence-electron chi connectivity index (χ0n) is 19.1. The molecule has 0 saturated carbocycles. The molecular weight excluding hydrogens is 412 g/mol. The molecule has 3 aromatic rings. The Bertz CT molecular complexity index is 1360. The first-order chi connectivity index (χ1) is 15.9. The zero-order chi connectivity index (χ0) is 23.3. The van der Waals surface area contributed by atoms with Crippen molar-refractivity contribution < 1.29 is 9.59 Å². The SMILES string of the molecule is CC(=O)N1CC2=C(C1=O)C(c1ccc(C#N)cc1)c1cn(CCC(C)C)c3cccc(c13)N2. The fourth-order valence-corrected chi connectivity index (χ4v) is 4.95. The third kappa shape index (κ3) is 3.41. The molecule has 0 fully saturated rings. The second-order valence-electron chi connectivity index (χ2n) is 9.25. The molecule has 0 spiro atoms. The van der Waals surface area contributed by atoms with Gasteiger partial charge < -0.3 is 9.88 Å². The lowest BCUT2D eigenvalue weighted by atomic mass is 9.84. The quantitative estimate of drug-likeness (QED) is 0.637. The monoisotopic (exact) mass is 438 g/mol. The summed E-state index contributed by atoms with van der Waals surface area (Å²) in [7, 11) is 0. The molecule has 0 radical (unpaired) electrons. The summed E-state index contributed by atoms with van der Waals surface area (Å²) in [4.78, 5) is 27.0. The van der Waals surface area contributed by atoms with Crippen LogP contribution in [0.5, 0.6) is 0 Å². The number of aryl methyl sites for hydroxylation is 1. The van der Waals surface area contributed by atoms with Crippen LogP contribution in [0, 0.1) is 17.2 Å². The van der Waals surface area contributed by atoms with Crippen molar-refractivity contribution in [1.29, 1.82) is 5.26 Å². The second kappa shape index (κ2) is 7.93. The van der Waals surface area contributed by atoms with E-state index < -0.39 is 0 Å². The molecule has 5 rings (SSSR count). The van der Waals surface area contributed by atoms with Gasteiger partial charge in [0.2, 0.25) is 5.91 Å². The van der Waals surface area contributed by atoms with Crippen LogP contribution in [-0.2, 0) is 16.1 Å². The van der Waals surface area contributed by atoms with Gasteiger partial charge in [-0.15, -0.1) is 0 Å². The molecule has 2 aliphatic heterocycles. The van der Waals surface area contributed by atoms with Crippen molar-refractivity contribution in [3.8, 4) is 6.07 Å². The number of imide groups is 1. The highest BCUT2D eigenvalue weighted by Gasteiger charge is 2.41. The van der Waals surface area contributed by atoms with E-state index in [0.717, 1.165) is 46.4 Å². The minimum absolute atomic E-state index is 0.240. The number of hydrogen-bond donors (Lipinski definition) is 1. The van der Waals surface area contributed by atoms with Gasteiger partial charge in [-0.25, -0.2) is 0 Å². The Morgan fingerprint density at radius 2 is 1.97 bits per heavy atom. The number of carbonyl (C=O) groups excluding carboxylic acids is 2. The highest BCUT2D eigenvalue weighted by molar-refractivity contribution is 6.11. The molecule has 166 valence electrons. The Kier molecular flexibility index (Phi) is 5.05. The molecule has 1 unspecified atom stereocenters. The number of amides is 2. The van der Waals surface area contributed by atoms with Gasteiger partial charge in [-0.05, 0) is 47.7 Å². The highest BCUT2D eigenvalue weighted by Crippen LogP contribution is 2.46. The van der Waals surface area contributed by atoms with Gasteiger partial charge in [-0.1, -0.05) is 32.0 Å². The normalized spacial score (nSPS) is 17.2.